The third-order valence-corrected chi connectivity index (χ3v) is 5.96. The molecule has 3 aromatic heterocycles. The predicted molar refractivity (Wildman–Crippen MR) is 118 cm³/mol. The Morgan fingerprint density at radius 3 is 2.59 bits per heavy atom. The van der Waals surface area contributed by atoms with Gasteiger partial charge in [0.1, 0.15) is 5.76 Å². The zero-order chi connectivity index (χ0) is 22.4. The van der Waals surface area contributed by atoms with Crippen LogP contribution in [0.1, 0.15) is 59.7 Å². The lowest BCUT2D eigenvalue weighted by Gasteiger charge is -2.21. The van der Waals surface area contributed by atoms with E-state index in [4.69, 9.17) is 19.0 Å². The van der Waals surface area contributed by atoms with E-state index in [9.17, 15) is 4.79 Å². The van der Waals surface area contributed by atoms with Crippen molar-refractivity contribution in [1.29, 1.82) is 0 Å². The van der Waals surface area contributed by atoms with Crippen LogP contribution in [0.25, 0.3) is 16.8 Å². The van der Waals surface area contributed by atoms with E-state index in [-0.39, 0.29) is 17.6 Å². The SMILES string of the molecule is COc1ccc(-c2c(C(C)C)nn3c4c(nnc23)C(=O)CC(c2ccco2)C4)cc1OC. The highest BCUT2D eigenvalue weighted by molar-refractivity contribution is 5.97. The van der Waals surface area contributed by atoms with E-state index in [0.29, 0.717) is 35.7 Å². The maximum atomic E-state index is 12.9. The van der Waals surface area contributed by atoms with E-state index in [1.807, 2.05) is 30.3 Å². The van der Waals surface area contributed by atoms with Gasteiger partial charge in [0.05, 0.1) is 37.4 Å². The fraction of sp³-hybridized carbons (Fsp3) is 0.333. The Bertz CT molecular complexity index is 1310. The molecule has 0 N–H and O–H groups in total. The van der Waals surface area contributed by atoms with E-state index >= 15 is 0 Å². The van der Waals surface area contributed by atoms with Crippen molar-refractivity contribution in [3.63, 3.8) is 0 Å². The topological polar surface area (TPSA) is 91.8 Å². The van der Waals surface area contributed by atoms with E-state index in [1.165, 1.54) is 0 Å². The molecule has 4 aromatic rings. The summed E-state index contributed by atoms with van der Waals surface area (Å²) in [4.78, 5) is 12.9. The Labute approximate surface area is 185 Å². The molecule has 1 atom stereocenters. The van der Waals surface area contributed by atoms with Crippen molar-refractivity contribution in [3.8, 4) is 22.6 Å². The maximum absolute atomic E-state index is 12.9. The molecule has 0 amide bonds. The molecule has 1 aromatic carbocycles. The fourth-order valence-electron chi connectivity index (χ4n) is 4.38. The van der Waals surface area contributed by atoms with E-state index in [2.05, 4.69) is 24.0 Å². The second-order valence-corrected chi connectivity index (χ2v) is 8.26. The van der Waals surface area contributed by atoms with Crippen molar-refractivity contribution < 1.29 is 18.7 Å². The summed E-state index contributed by atoms with van der Waals surface area (Å²) >= 11 is 0. The van der Waals surface area contributed by atoms with Crippen LogP contribution in [0.5, 0.6) is 11.5 Å². The number of ether oxygens (including phenoxy) is 2. The highest BCUT2D eigenvalue weighted by atomic mass is 16.5. The first-order valence-electron chi connectivity index (χ1n) is 10.6. The molecule has 8 nitrogen and oxygen atoms in total. The molecule has 0 saturated carbocycles. The zero-order valence-electron chi connectivity index (χ0n) is 18.5. The van der Waals surface area contributed by atoms with Crippen LogP contribution in [0.4, 0.5) is 0 Å². The number of aromatic nitrogens is 4. The summed E-state index contributed by atoms with van der Waals surface area (Å²) in [6.45, 7) is 4.17. The van der Waals surface area contributed by atoms with Crippen LogP contribution in [0.15, 0.2) is 41.0 Å². The Balaban J connectivity index is 1.72. The van der Waals surface area contributed by atoms with Gasteiger partial charge in [-0.05, 0) is 35.7 Å². The van der Waals surface area contributed by atoms with E-state index in [0.717, 1.165) is 28.3 Å². The number of hydrogen-bond acceptors (Lipinski definition) is 7. The van der Waals surface area contributed by atoms with Gasteiger partial charge in [-0.25, -0.2) is 4.52 Å². The minimum absolute atomic E-state index is 0.0451. The molecule has 5 rings (SSSR count). The second-order valence-electron chi connectivity index (χ2n) is 8.26. The monoisotopic (exact) mass is 432 g/mol. The maximum Gasteiger partial charge on any atom is 0.185 e. The quantitative estimate of drug-likeness (QED) is 0.460. The lowest BCUT2D eigenvalue weighted by molar-refractivity contribution is 0.0951. The Kier molecular flexibility index (Phi) is 4.92. The average Bonchev–Trinajstić information content (AvgIpc) is 3.47. The van der Waals surface area contributed by atoms with Crippen molar-refractivity contribution in [2.75, 3.05) is 14.2 Å². The van der Waals surface area contributed by atoms with Gasteiger partial charge in [-0.3, -0.25) is 4.79 Å². The van der Waals surface area contributed by atoms with Crippen LogP contribution in [0.3, 0.4) is 0 Å². The number of methoxy groups -OCH3 is 2. The Morgan fingerprint density at radius 2 is 1.91 bits per heavy atom. The van der Waals surface area contributed by atoms with Gasteiger partial charge in [0.15, 0.2) is 28.6 Å². The first-order valence-corrected chi connectivity index (χ1v) is 10.6. The predicted octanol–water partition coefficient (Wildman–Crippen LogP) is 4.44. The second kappa shape index (κ2) is 7.78. The molecular formula is C24H24N4O4. The van der Waals surface area contributed by atoms with Crippen LogP contribution < -0.4 is 9.47 Å². The molecular weight excluding hydrogens is 408 g/mol. The lowest BCUT2D eigenvalue weighted by Crippen LogP contribution is -2.24. The molecule has 164 valence electrons. The number of hydrogen-bond donors (Lipinski definition) is 0. The molecule has 0 saturated heterocycles. The van der Waals surface area contributed by atoms with Gasteiger partial charge in [0.2, 0.25) is 0 Å². The molecule has 0 radical (unpaired) electrons. The number of nitrogens with zero attached hydrogens (tertiary/aromatic N) is 4. The molecule has 0 bridgehead atoms. The van der Waals surface area contributed by atoms with Crippen LogP contribution in [-0.2, 0) is 6.42 Å². The lowest BCUT2D eigenvalue weighted by atomic mass is 9.87. The van der Waals surface area contributed by atoms with Crippen molar-refractivity contribution in [3.05, 3.63) is 59.4 Å². The minimum Gasteiger partial charge on any atom is -0.493 e. The van der Waals surface area contributed by atoms with Gasteiger partial charge in [-0.1, -0.05) is 19.9 Å². The van der Waals surface area contributed by atoms with Crippen LogP contribution >= 0.6 is 0 Å². The summed E-state index contributed by atoms with van der Waals surface area (Å²) in [5, 5.41) is 13.7. The van der Waals surface area contributed by atoms with Crippen LogP contribution in [0, 0.1) is 0 Å². The number of benzene rings is 1. The highest BCUT2D eigenvalue weighted by Gasteiger charge is 2.33. The normalized spacial score (nSPS) is 15.9. The minimum atomic E-state index is -0.0476. The van der Waals surface area contributed by atoms with Crippen molar-refractivity contribution in [2.45, 2.75) is 38.5 Å². The van der Waals surface area contributed by atoms with Gasteiger partial charge >= 0.3 is 0 Å². The van der Waals surface area contributed by atoms with Crippen LogP contribution in [-0.4, -0.2) is 39.8 Å². The molecule has 0 fully saturated rings. The summed E-state index contributed by atoms with van der Waals surface area (Å²) in [6.07, 6.45) is 2.59. The zero-order valence-corrected chi connectivity index (χ0v) is 18.5. The van der Waals surface area contributed by atoms with Gasteiger partial charge < -0.3 is 13.9 Å². The number of Topliss-reactive ketones (excluding diaryl/α,β-unsaturated/α-hetero) is 1. The summed E-state index contributed by atoms with van der Waals surface area (Å²) in [5.74, 6) is 2.11. The number of carbonyl (C=O) groups is 1. The number of fused-ring (bicyclic) bond motifs is 3. The highest BCUT2D eigenvalue weighted by Crippen LogP contribution is 2.39. The van der Waals surface area contributed by atoms with Gasteiger partial charge in [-0.2, -0.15) is 5.10 Å². The molecule has 1 aliphatic rings. The molecule has 1 aliphatic carbocycles. The summed E-state index contributed by atoms with van der Waals surface area (Å²) in [5.41, 5.74) is 4.43. The fourth-order valence-corrected chi connectivity index (χ4v) is 4.38. The van der Waals surface area contributed by atoms with Crippen molar-refractivity contribution in [2.24, 2.45) is 0 Å². The summed E-state index contributed by atoms with van der Waals surface area (Å²) < 4.78 is 18.3. The average molecular weight is 432 g/mol. The summed E-state index contributed by atoms with van der Waals surface area (Å²) in [7, 11) is 3.22. The third kappa shape index (κ3) is 3.14. The molecule has 8 heteroatoms. The first kappa shape index (κ1) is 20.2. The summed E-state index contributed by atoms with van der Waals surface area (Å²) in [6, 6.07) is 9.49. The van der Waals surface area contributed by atoms with Gasteiger partial charge in [0, 0.05) is 18.8 Å². The third-order valence-electron chi connectivity index (χ3n) is 5.96. The molecule has 1 unspecified atom stereocenters. The molecule has 0 spiro atoms. The molecule has 32 heavy (non-hydrogen) atoms. The Morgan fingerprint density at radius 1 is 1.09 bits per heavy atom. The van der Waals surface area contributed by atoms with Gasteiger partial charge in [0.25, 0.3) is 0 Å². The van der Waals surface area contributed by atoms with Crippen molar-refractivity contribution >= 4 is 11.4 Å². The molecule has 3 heterocycles. The smallest absolute Gasteiger partial charge is 0.185 e. The van der Waals surface area contributed by atoms with E-state index in [1.54, 1.807) is 25.0 Å². The number of carbonyl (C=O) groups excluding carboxylic acids is 1. The largest absolute Gasteiger partial charge is 0.493 e. The molecule has 0 aliphatic heterocycles. The van der Waals surface area contributed by atoms with E-state index < -0.39 is 0 Å². The van der Waals surface area contributed by atoms with Crippen LogP contribution in [0.2, 0.25) is 0 Å². The van der Waals surface area contributed by atoms with Gasteiger partial charge in [-0.15, -0.1) is 10.2 Å². The number of rotatable bonds is 5. The number of furan rings is 1. The first-order chi connectivity index (χ1) is 15.5. The number of ketones is 1. The standard InChI is InChI=1S/C24H24N4O4/c1-13(2)22-21(14-7-8-19(30-3)20(12-14)31-4)24-26-25-23-16(28(24)27-22)10-15(11-17(23)29)18-6-5-9-32-18/h5-9,12-13,15H,10-11H2,1-4H3. The Hall–Kier alpha value is -3.68. The van der Waals surface area contributed by atoms with Crippen molar-refractivity contribution in [1.82, 2.24) is 19.8 Å².